The van der Waals surface area contributed by atoms with E-state index in [9.17, 15) is 9.90 Å². The molecular formula is C33H33NO3. The van der Waals surface area contributed by atoms with E-state index in [0.29, 0.717) is 31.6 Å². The maximum Gasteiger partial charge on any atom is 0.338 e. The van der Waals surface area contributed by atoms with Crippen LogP contribution in [0, 0.1) is 0 Å². The summed E-state index contributed by atoms with van der Waals surface area (Å²) in [6.07, 6.45) is 1.09. The van der Waals surface area contributed by atoms with Crippen molar-refractivity contribution in [2.24, 2.45) is 0 Å². The number of anilines is 1. The number of carbonyl (C=O) groups excluding carboxylic acids is 1. The number of ether oxygens (including phenoxy) is 1. The number of nitrogens with one attached hydrogen (secondary N) is 1. The summed E-state index contributed by atoms with van der Waals surface area (Å²) >= 11 is 0. The fraction of sp³-hybridized carbons (Fsp3) is 0.242. The zero-order chi connectivity index (χ0) is 25.9. The van der Waals surface area contributed by atoms with Gasteiger partial charge in [0.05, 0.1) is 11.2 Å². The molecule has 188 valence electrons. The largest absolute Gasteiger partial charge is 0.457 e. The van der Waals surface area contributed by atoms with E-state index in [0.717, 1.165) is 22.4 Å². The molecule has 0 amide bonds. The summed E-state index contributed by atoms with van der Waals surface area (Å²) in [5, 5.41) is 15.5. The van der Waals surface area contributed by atoms with Crippen molar-refractivity contribution >= 4 is 11.7 Å². The minimum atomic E-state index is -1.01. The Hall–Kier alpha value is -3.89. The van der Waals surface area contributed by atoms with Gasteiger partial charge in [-0.15, -0.1) is 0 Å². The molecule has 0 bridgehead atoms. The van der Waals surface area contributed by atoms with Gasteiger partial charge < -0.3 is 15.2 Å². The first-order valence-electron chi connectivity index (χ1n) is 12.8. The third-order valence-corrected chi connectivity index (χ3v) is 7.23. The number of cyclic esters (lactones) is 1. The number of hydrogen-bond acceptors (Lipinski definition) is 4. The SMILES string of the molecule is CC(C)(CC(O)(CNc1ccc2c(c1)COC2=O)Cc1ccc(-c2ccccc2)cc1)c1ccccc1. The highest BCUT2D eigenvalue weighted by atomic mass is 16.5. The highest BCUT2D eigenvalue weighted by molar-refractivity contribution is 5.93. The number of rotatable bonds is 9. The fourth-order valence-electron chi connectivity index (χ4n) is 5.34. The Labute approximate surface area is 219 Å². The molecule has 37 heavy (non-hydrogen) atoms. The first-order chi connectivity index (χ1) is 17.8. The van der Waals surface area contributed by atoms with E-state index in [2.05, 4.69) is 67.7 Å². The zero-order valence-corrected chi connectivity index (χ0v) is 21.4. The summed E-state index contributed by atoms with van der Waals surface area (Å²) in [6, 6.07) is 34.8. The standard InChI is InChI=1S/C33H33NO3/c1-32(2,28-11-7-4-8-12-28)22-33(36,23-34-29-17-18-30-27(19-29)21-37-31(30)35)20-24-13-15-26(16-14-24)25-9-5-3-6-10-25/h3-19,34,36H,20-23H2,1-2H3. The molecule has 2 N–H and O–H groups in total. The Morgan fingerprint density at radius 1 is 0.838 bits per heavy atom. The normalized spacial score (nSPS) is 14.5. The van der Waals surface area contributed by atoms with Crippen LogP contribution >= 0.6 is 0 Å². The number of fused-ring (bicyclic) bond motifs is 1. The Kier molecular flexibility index (Phi) is 6.86. The number of esters is 1. The van der Waals surface area contributed by atoms with Crippen LogP contribution in [-0.4, -0.2) is 23.2 Å². The quantitative estimate of drug-likeness (QED) is 0.254. The smallest absolute Gasteiger partial charge is 0.338 e. The lowest BCUT2D eigenvalue weighted by atomic mass is 9.73. The molecule has 1 aliphatic rings. The van der Waals surface area contributed by atoms with E-state index >= 15 is 0 Å². The van der Waals surface area contributed by atoms with Crippen LogP contribution < -0.4 is 5.32 Å². The predicted octanol–water partition coefficient (Wildman–Crippen LogP) is 6.78. The maximum absolute atomic E-state index is 12.1. The Morgan fingerprint density at radius 2 is 1.49 bits per heavy atom. The van der Waals surface area contributed by atoms with Crippen LogP contribution in [0.1, 0.15) is 47.3 Å². The highest BCUT2D eigenvalue weighted by Crippen LogP contribution is 2.35. The Balaban J connectivity index is 1.38. The monoisotopic (exact) mass is 491 g/mol. The van der Waals surface area contributed by atoms with E-state index in [1.54, 1.807) is 6.07 Å². The number of aliphatic hydroxyl groups is 1. The molecule has 4 nitrogen and oxygen atoms in total. The van der Waals surface area contributed by atoms with Crippen molar-refractivity contribution in [3.8, 4) is 11.1 Å². The summed E-state index contributed by atoms with van der Waals surface area (Å²) in [6.45, 7) is 5.04. The van der Waals surface area contributed by atoms with Gasteiger partial charge in [-0.05, 0) is 52.3 Å². The van der Waals surface area contributed by atoms with Crippen molar-refractivity contribution in [1.82, 2.24) is 0 Å². The van der Waals surface area contributed by atoms with Gasteiger partial charge in [0.1, 0.15) is 6.61 Å². The van der Waals surface area contributed by atoms with Crippen LogP contribution in [0.25, 0.3) is 11.1 Å². The van der Waals surface area contributed by atoms with Gasteiger partial charge >= 0.3 is 5.97 Å². The third-order valence-electron chi connectivity index (χ3n) is 7.23. The van der Waals surface area contributed by atoms with Crippen LogP contribution in [-0.2, 0) is 23.2 Å². The lowest BCUT2D eigenvalue weighted by Crippen LogP contribution is -2.44. The first-order valence-corrected chi connectivity index (χ1v) is 12.8. The summed E-state index contributed by atoms with van der Waals surface area (Å²) in [5.74, 6) is -0.276. The molecule has 0 spiro atoms. The number of hydrogen-bond donors (Lipinski definition) is 2. The van der Waals surface area contributed by atoms with Crippen LogP contribution in [0.5, 0.6) is 0 Å². The van der Waals surface area contributed by atoms with Gasteiger partial charge in [-0.2, -0.15) is 0 Å². The molecule has 0 saturated carbocycles. The summed E-state index contributed by atoms with van der Waals surface area (Å²) in [5.41, 5.74) is 5.72. The van der Waals surface area contributed by atoms with E-state index in [-0.39, 0.29) is 11.4 Å². The predicted molar refractivity (Wildman–Crippen MR) is 149 cm³/mol. The van der Waals surface area contributed by atoms with Crippen LogP contribution in [0.3, 0.4) is 0 Å². The molecule has 0 fully saturated rings. The molecule has 0 radical (unpaired) electrons. The fourth-order valence-corrected chi connectivity index (χ4v) is 5.34. The van der Waals surface area contributed by atoms with Gasteiger partial charge in [0.2, 0.25) is 0 Å². The van der Waals surface area contributed by atoms with Gasteiger partial charge in [0, 0.05) is 24.2 Å². The lowest BCUT2D eigenvalue weighted by Gasteiger charge is -2.37. The molecule has 1 heterocycles. The number of carbonyl (C=O) groups is 1. The van der Waals surface area contributed by atoms with E-state index in [4.69, 9.17) is 4.74 Å². The van der Waals surface area contributed by atoms with Crippen LogP contribution in [0.15, 0.2) is 103 Å². The van der Waals surface area contributed by atoms with Crippen molar-refractivity contribution in [2.45, 2.75) is 44.3 Å². The van der Waals surface area contributed by atoms with E-state index < -0.39 is 5.60 Å². The average Bonchev–Trinajstić information content (AvgIpc) is 3.28. The van der Waals surface area contributed by atoms with Gasteiger partial charge in [0.25, 0.3) is 0 Å². The Bertz CT molecular complexity index is 1360. The molecule has 5 rings (SSSR count). The minimum absolute atomic E-state index is 0.236. The van der Waals surface area contributed by atoms with Crippen LogP contribution in [0.4, 0.5) is 5.69 Å². The van der Waals surface area contributed by atoms with E-state index in [1.165, 1.54) is 11.1 Å². The topological polar surface area (TPSA) is 58.6 Å². The van der Waals surface area contributed by atoms with Gasteiger partial charge in [-0.1, -0.05) is 98.8 Å². The average molecular weight is 492 g/mol. The van der Waals surface area contributed by atoms with Crippen molar-refractivity contribution in [3.05, 3.63) is 125 Å². The molecule has 1 aliphatic heterocycles. The number of benzene rings is 4. The molecular weight excluding hydrogens is 458 g/mol. The highest BCUT2D eigenvalue weighted by Gasteiger charge is 2.36. The zero-order valence-electron chi connectivity index (χ0n) is 21.4. The first kappa shape index (κ1) is 24.8. The minimum Gasteiger partial charge on any atom is -0.457 e. The van der Waals surface area contributed by atoms with Crippen LogP contribution in [0.2, 0.25) is 0 Å². The maximum atomic E-state index is 12.1. The lowest BCUT2D eigenvalue weighted by molar-refractivity contribution is 0.0257. The molecule has 1 atom stereocenters. The second-order valence-electron chi connectivity index (χ2n) is 10.7. The van der Waals surface area contributed by atoms with Gasteiger partial charge in [-0.25, -0.2) is 4.79 Å². The molecule has 0 aliphatic carbocycles. The van der Waals surface area contributed by atoms with Crippen molar-refractivity contribution < 1.29 is 14.6 Å². The molecule has 4 heteroatoms. The Morgan fingerprint density at radius 3 is 2.19 bits per heavy atom. The summed E-state index contributed by atoms with van der Waals surface area (Å²) in [4.78, 5) is 11.8. The van der Waals surface area contributed by atoms with Crippen molar-refractivity contribution in [3.63, 3.8) is 0 Å². The third kappa shape index (κ3) is 5.76. The van der Waals surface area contributed by atoms with Gasteiger partial charge in [-0.3, -0.25) is 0 Å². The molecule has 0 saturated heterocycles. The molecule has 4 aromatic carbocycles. The second-order valence-corrected chi connectivity index (χ2v) is 10.7. The second kappa shape index (κ2) is 10.2. The molecule has 1 unspecified atom stereocenters. The van der Waals surface area contributed by atoms with Gasteiger partial charge in [0.15, 0.2) is 0 Å². The van der Waals surface area contributed by atoms with E-state index in [1.807, 2.05) is 48.5 Å². The summed E-state index contributed by atoms with van der Waals surface area (Å²) in [7, 11) is 0. The summed E-state index contributed by atoms with van der Waals surface area (Å²) < 4.78 is 5.14. The van der Waals surface area contributed by atoms with Crippen molar-refractivity contribution in [1.29, 1.82) is 0 Å². The molecule has 4 aromatic rings. The van der Waals surface area contributed by atoms with Crippen molar-refractivity contribution in [2.75, 3.05) is 11.9 Å². The molecule has 0 aromatic heterocycles.